The molecule has 1 aliphatic rings. The van der Waals surface area contributed by atoms with E-state index in [2.05, 4.69) is 0 Å². The summed E-state index contributed by atoms with van der Waals surface area (Å²) >= 11 is 0. The Morgan fingerprint density at radius 3 is 2.32 bits per heavy atom. The highest BCUT2D eigenvalue weighted by molar-refractivity contribution is 5.82. The van der Waals surface area contributed by atoms with Crippen LogP contribution in [0.25, 0.3) is 22.3 Å². The predicted octanol–water partition coefficient (Wildman–Crippen LogP) is 0.0499. The molecular weight excluding hydrogens is 412 g/mol. The minimum atomic E-state index is -1.57. The van der Waals surface area contributed by atoms with E-state index in [1.807, 2.05) is 0 Å². The molecule has 10 nitrogen and oxygen atoms in total. The molecule has 2 heterocycles. The van der Waals surface area contributed by atoms with Gasteiger partial charge in [-0.3, -0.25) is 4.79 Å². The van der Waals surface area contributed by atoms with Gasteiger partial charge in [0, 0.05) is 11.6 Å². The van der Waals surface area contributed by atoms with E-state index < -0.39 is 48.5 Å². The van der Waals surface area contributed by atoms with Crippen LogP contribution in [-0.4, -0.2) is 68.0 Å². The van der Waals surface area contributed by atoms with Crippen LogP contribution < -0.4 is 10.2 Å². The van der Waals surface area contributed by atoms with Crippen LogP contribution in [0.5, 0.6) is 17.2 Å². The number of aromatic hydroxyl groups is 2. The molecule has 0 radical (unpaired) electrons. The van der Waals surface area contributed by atoms with Crippen molar-refractivity contribution in [3.63, 3.8) is 0 Å². The first-order valence-corrected chi connectivity index (χ1v) is 9.36. The van der Waals surface area contributed by atoms with Gasteiger partial charge >= 0.3 is 0 Å². The highest BCUT2D eigenvalue weighted by atomic mass is 16.7. The van der Waals surface area contributed by atoms with Crippen LogP contribution in [0.15, 0.2) is 51.7 Å². The van der Waals surface area contributed by atoms with E-state index in [9.17, 15) is 35.4 Å². The van der Waals surface area contributed by atoms with Crippen LogP contribution in [0, 0.1) is 0 Å². The number of ether oxygens (including phenoxy) is 2. The van der Waals surface area contributed by atoms with Crippen LogP contribution >= 0.6 is 0 Å². The largest absolute Gasteiger partial charge is 0.508 e. The summed E-state index contributed by atoms with van der Waals surface area (Å²) in [5.41, 5.74) is -0.224. The van der Waals surface area contributed by atoms with E-state index in [4.69, 9.17) is 13.9 Å². The lowest BCUT2D eigenvalue weighted by Crippen LogP contribution is -2.60. The standard InChI is InChI=1S/C21H20O10/c22-8-14-16(25)17(26)19(28)21(31-14)29-11-4-1-9(2-5-11)20-18(27)15(24)12-6-3-10(23)7-13(12)30-20/h1-7,14,16-17,19,21-23,25-28H,8H2/t14?,16-,17?,19?,21-/m1/s1. The Labute approximate surface area is 174 Å². The van der Waals surface area contributed by atoms with E-state index in [1.165, 1.54) is 42.5 Å². The average molecular weight is 432 g/mol. The zero-order valence-electron chi connectivity index (χ0n) is 16.0. The summed E-state index contributed by atoms with van der Waals surface area (Å²) in [6.07, 6.45) is -7.09. The van der Waals surface area contributed by atoms with Crippen molar-refractivity contribution in [1.29, 1.82) is 0 Å². The maximum Gasteiger partial charge on any atom is 0.235 e. The number of aliphatic hydroxyl groups is 4. The molecule has 1 saturated heterocycles. The van der Waals surface area contributed by atoms with Crippen molar-refractivity contribution in [3.05, 3.63) is 52.7 Å². The summed E-state index contributed by atoms with van der Waals surface area (Å²) in [5, 5.41) is 59.0. The Morgan fingerprint density at radius 1 is 0.935 bits per heavy atom. The molecule has 1 fully saturated rings. The monoisotopic (exact) mass is 432 g/mol. The fraction of sp³-hybridized carbons (Fsp3) is 0.286. The molecule has 1 aliphatic heterocycles. The van der Waals surface area contributed by atoms with Crippen LogP contribution in [0.2, 0.25) is 0 Å². The Balaban J connectivity index is 1.60. The molecule has 1 aromatic heterocycles. The molecule has 5 atom stereocenters. The highest BCUT2D eigenvalue weighted by Crippen LogP contribution is 2.33. The summed E-state index contributed by atoms with van der Waals surface area (Å²) in [5.74, 6) is -0.604. The Hall–Kier alpha value is -3.15. The second kappa shape index (κ2) is 8.17. The van der Waals surface area contributed by atoms with Crippen molar-refractivity contribution in [2.75, 3.05) is 6.61 Å². The number of phenols is 1. The van der Waals surface area contributed by atoms with Gasteiger partial charge in [0.25, 0.3) is 0 Å². The zero-order valence-corrected chi connectivity index (χ0v) is 16.0. The maximum absolute atomic E-state index is 12.4. The number of rotatable bonds is 4. The SMILES string of the molecule is O=c1c(O)c(-c2ccc(O[C@@H]3OC(CO)[C@@H](O)C(O)C3O)cc2)oc2cc(O)ccc12. The van der Waals surface area contributed by atoms with Crippen molar-refractivity contribution < 1.29 is 44.5 Å². The molecule has 0 saturated carbocycles. The molecule has 0 amide bonds. The second-order valence-corrected chi connectivity index (χ2v) is 7.13. The Bertz CT molecular complexity index is 1140. The molecule has 31 heavy (non-hydrogen) atoms. The zero-order chi connectivity index (χ0) is 22.3. The van der Waals surface area contributed by atoms with Crippen LogP contribution in [-0.2, 0) is 4.74 Å². The van der Waals surface area contributed by atoms with E-state index in [-0.39, 0.29) is 28.2 Å². The van der Waals surface area contributed by atoms with Crippen molar-refractivity contribution in [2.24, 2.45) is 0 Å². The topological polar surface area (TPSA) is 170 Å². The van der Waals surface area contributed by atoms with Gasteiger partial charge in [-0.15, -0.1) is 0 Å². The Kier molecular flexibility index (Phi) is 5.56. The average Bonchev–Trinajstić information content (AvgIpc) is 2.77. The molecule has 0 bridgehead atoms. The van der Waals surface area contributed by atoms with Gasteiger partial charge in [0.2, 0.25) is 17.5 Å². The molecule has 3 aromatic rings. The summed E-state index contributed by atoms with van der Waals surface area (Å²) < 4.78 is 16.4. The van der Waals surface area contributed by atoms with Gasteiger partial charge in [-0.2, -0.15) is 0 Å². The molecule has 10 heteroatoms. The fourth-order valence-corrected chi connectivity index (χ4v) is 3.35. The van der Waals surface area contributed by atoms with Crippen LogP contribution in [0.4, 0.5) is 0 Å². The minimum Gasteiger partial charge on any atom is -0.508 e. The fourth-order valence-electron chi connectivity index (χ4n) is 3.35. The van der Waals surface area contributed by atoms with E-state index in [1.54, 1.807) is 0 Å². The summed E-state index contributed by atoms with van der Waals surface area (Å²) in [7, 11) is 0. The van der Waals surface area contributed by atoms with Gasteiger partial charge in [-0.1, -0.05) is 0 Å². The quantitative estimate of drug-likeness (QED) is 0.331. The molecule has 3 unspecified atom stereocenters. The van der Waals surface area contributed by atoms with Gasteiger partial charge in [-0.05, 0) is 36.4 Å². The summed E-state index contributed by atoms with van der Waals surface area (Å²) in [6.45, 7) is -0.584. The summed E-state index contributed by atoms with van der Waals surface area (Å²) in [4.78, 5) is 12.4. The van der Waals surface area contributed by atoms with E-state index in [0.29, 0.717) is 5.56 Å². The molecule has 164 valence electrons. The Morgan fingerprint density at radius 2 is 1.65 bits per heavy atom. The normalized spacial score (nSPS) is 26.1. The number of hydrogen-bond donors (Lipinski definition) is 6. The number of benzene rings is 2. The van der Waals surface area contributed by atoms with Crippen molar-refractivity contribution >= 4 is 11.0 Å². The number of phenolic OH excluding ortho intramolecular Hbond substituents is 1. The van der Waals surface area contributed by atoms with Gasteiger partial charge in [0.1, 0.15) is 41.5 Å². The molecule has 2 aromatic carbocycles. The first-order valence-electron chi connectivity index (χ1n) is 9.36. The first kappa shape index (κ1) is 21.1. The van der Waals surface area contributed by atoms with E-state index in [0.717, 1.165) is 0 Å². The van der Waals surface area contributed by atoms with Crippen molar-refractivity contribution in [3.8, 4) is 28.6 Å². The summed E-state index contributed by atoms with van der Waals surface area (Å²) in [6, 6.07) is 9.76. The molecule has 0 spiro atoms. The van der Waals surface area contributed by atoms with Crippen molar-refractivity contribution in [2.45, 2.75) is 30.7 Å². The van der Waals surface area contributed by atoms with Crippen LogP contribution in [0.1, 0.15) is 0 Å². The van der Waals surface area contributed by atoms with Gasteiger partial charge < -0.3 is 44.5 Å². The maximum atomic E-state index is 12.4. The number of hydrogen-bond acceptors (Lipinski definition) is 10. The second-order valence-electron chi connectivity index (χ2n) is 7.13. The molecular formula is C21H20O10. The first-order chi connectivity index (χ1) is 14.8. The third-order valence-electron chi connectivity index (χ3n) is 5.07. The lowest BCUT2D eigenvalue weighted by molar-refractivity contribution is -0.277. The van der Waals surface area contributed by atoms with Gasteiger partial charge in [0.05, 0.1) is 12.0 Å². The van der Waals surface area contributed by atoms with Crippen LogP contribution in [0.3, 0.4) is 0 Å². The highest BCUT2D eigenvalue weighted by Gasteiger charge is 2.44. The van der Waals surface area contributed by atoms with Gasteiger partial charge in [-0.25, -0.2) is 0 Å². The molecule has 0 aliphatic carbocycles. The van der Waals surface area contributed by atoms with E-state index >= 15 is 0 Å². The molecule has 6 N–H and O–H groups in total. The lowest BCUT2D eigenvalue weighted by Gasteiger charge is -2.39. The third-order valence-corrected chi connectivity index (χ3v) is 5.07. The lowest BCUT2D eigenvalue weighted by atomic mass is 9.99. The number of aliphatic hydroxyl groups excluding tert-OH is 4. The number of fused-ring (bicyclic) bond motifs is 1. The smallest absolute Gasteiger partial charge is 0.235 e. The van der Waals surface area contributed by atoms with Crippen molar-refractivity contribution in [1.82, 2.24) is 0 Å². The third kappa shape index (κ3) is 3.82. The predicted molar refractivity (Wildman–Crippen MR) is 106 cm³/mol. The molecule has 4 rings (SSSR count). The van der Waals surface area contributed by atoms with Gasteiger partial charge in [0.15, 0.2) is 5.76 Å². The minimum absolute atomic E-state index is 0.0967.